The van der Waals surface area contributed by atoms with Gasteiger partial charge in [-0.2, -0.15) is 0 Å². The first-order chi connectivity index (χ1) is 7.69. The summed E-state index contributed by atoms with van der Waals surface area (Å²) in [5.41, 5.74) is 7.83. The molecule has 0 bridgehead atoms. The van der Waals surface area contributed by atoms with Gasteiger partial charge in [0.2, 0.25) is 0 Å². The Balaban J connectivity index is 2.92. The van der Waals surface area contributed by atoms with Gasteiger partial charge in [0, 0.05) is 11.6 Å². The number of benzene rings is 1. The lowest BCUT2D eigenvalue weighted by atomic mass is 10.0. The van der Waals surface area contributed by atoms with E-state index in [1.54, 1.807) is 25.1 Å². The van der Waals surface area contributed by atoms with Crippen molar-refractivity contribution in [3.63, 3.8) is 0 Å². The first-order valence-electron chi connectivity index (χ1n) is 5.30. The standard InChI is InChI=1S/C12H16ClNO2/c1-2-16-12(15)11-6-5-10(14)8-9(11)4-3-7-13/h5-6,8H,2-4,7,14H2,1H3. The second kappa shape index (κ2) is 6.38. The predicted octanol–water partition coefficient (Wildman–Crippen LogP) is 2.62. The number of aryl methyl sites for hydroxylation is 1. The highest BCUT2D eigenvalue weighted by atomic mass is 35.5. The number of anilines is 1. The van der Waals surface area contributed by atoms with Gasteiger partial charge in [0.15, 0.2) is 0 Å². The van der Waals surface area contributed by atoms with Gasteiger partial charge in [-0.05, 0) is 43.5 Å². The molecule has 0 saturated carbocycles. The molecule has 0 aliphatic rings. The van der Waals surface area contributed by atoms with E-state index in [0.717, 1.165) is 18.4 Å². The third kappa shape index (κ3) is 3.42. The molecule has 1 aromatic carbocycles. The Morgan fingerprint density at radius 2 is 2.25 bits per heavy atom. The van der Waals surface area contributed by atoms with E-state index in [9.17, 15) is 4.79 Å². The van der Waals surface area contributed by atoms with Crippen molar-refractivity contribution in [3.05, 3.63) is 29.3 Å². The minimum Gasteiger partial charge on any atom is -0.462 e. The Labute approximate surface area is 101 Å². The van der Waals surface area contributed by atoms with Crippen molar-refractivity contribution in [1.29, 1.82) is 0 Å². The molecule has 0 aromatic heterocycles. The summed E-state index contributed by atoms with van der Waals surface area (Å²) in [4.78, 5) is 11.6. The Kier molecular flexibility index (Phi) is 5.12. The number of alkyl halides is 1. The Bertz CT molecular complexity index is 366. The maximum atomic E-state index is 11.6. The van der Waals surface area contributed by atoms with E-state index in [4.69, 9.17) is 22.1 Å². The van der Waals surface area contributed by atoms with E-state index in [1.807, 2.05) is 0 Å². The van der Waals surface area contributed by atoms with Gasteiger partial charge in [0.25, 0.3) is 0 Å². The molecule has 0 atom stereocenters. The van der Waals surface area contributed by atoms with Crippen LogP contribution in [0, 0.1) is 0 Å². The van der Waals surface area contributed by atoms with E-state index in [0.29, 0.717) is 23.7 Å². The van der Waals surface area contributed by atoms with E-state index in [-0.39, 0.29) is 5.97 Å². The maximum Gasteiger partial charge on any atom is 0.338 e. The number of halogens is 1. The zero-order valence-corrected chi connectivity index (χ0v) is 10.1. The van der Waals surface area contributed by atoms with Gasteiger partial charge < -0.3 is 10.5 Å². The Morgan fingerprint density at radius 3 is 2.88 bits per heavy atom. The van der Waals surface area contributed by atoms with Crippen molar-refractivity contribution in [3.8, 4) is 0 Å². The lowest BCUT2D eigenvalue weighted by molar-refractivity contribution is 0.0525. The zero-order chi connectivity index (χ0) is 12.0. The number of hydrogen-bond acceptors (Lipinski definition) is 3. The molecule has 0 fully saturated rings. The molecule has 0 unspecified atom stereocenters. The lowest BCUT2D eigenvalue weighted by Gasteiger charge is -2.09. The van der Waals surface area contributed by atoms with Crippen molar-refractivity contribution in [2.24, 2.45) is 0 Å². The van der Waals surface area contributed by atoms with Gasteiger partial charge in [-0.15, -0.1) is 11.6 Å². The molecule has 0 aliphatic heterocycles. The number of rotatable bonds is 5. The smallest absolute Gasteiger partial charge is 0.338 e. The number of carbonyl (C=O) groups excluding carboxylic acids is 1. The second-order valence-electron chi connectivity index (χ2n) is 3.43. The van der Waals surface area contributed by atoms with Gasteiger partial charge in [-0.25, -0.2) is 4.79 Å². The van der Waals surface area contributed by atoms with Gasteiger partial charge in [0.1, 0.15) is 0 Å². The highest BCUT2D eigenvalue weighted by Crippen LogP contribution is 2.17. The first kappa shape index (κ1) is 12.8. The summed E-state index contributed by atoms with van der Waals surface area (Å²) in [6.07, 6.45) is 1.56. The van der Waals surface area contributed by atoms with Crippen LogP contribution in [0.2, 0.25) is 0 Å². The summed E-state index contributed by atoms with van der Waals surface area (Å²) >= 11 is 5.64. The molecular weight excluding hydrogens is 226 g/mol. The number of nitrogens with two attached hydrogens (primary N) is 1. The summed E-state index contributed by atoms with van der Waals surface area (Å²) in [6, 6.07) is 5.21. The normalized spacial score (nSPS) is 10.1. The number of hydrogen-bond donors (Lipinski definition) is 1. The molecule has 1 aromatic rings. The second-order valence-corrected chi connectivity index (χ2v) is 3.81. The van der Waals surface area contributed by atoms with Gasteiger partial charge in [-0.1, -0.05) is 0 Å². The predicted molar refractivity (Wildman–Crippen MR) is 65.9 cm³/mol. The zero-order valence-electron chi connectivity index (χ0n) is 9.33. The van der Waals surface area contributed by atoms with Crippen molar-refractivity contribution in [2.75, 3.05) is 18.2 Å². The minimum atomic E-state index is -0.299. The van der Waals surface area contributed by atoms with Gasteiger partial charge in [-0.3, -0.25) is 0 Å². The molecule has 0 radical (unpaired) electrons. The van der Waals surface area contributed by atoms with Crippen molar-refractivity contribution in [1.82, 2.24) is 0 Å². The van der Waals surface area contributed by atoms with Crippen LogP contribution in [0.5, 0.6) is 0 Å². The van der Waals surface area contributed by atoms with Crippen LogP contribution in [0.3, 0.4) is 0 Å². The number of ether oxygens (including phenoxy) is 1. The van der Waals surface area contributed by atoms with Crippen LogP contribution in [0.25, 0.3) is 0 Å². The minimum absolute atomic E-state index is 0.299. The largest absolute Gasteiger partial charge is 0.462 e. The summed E-state index contributed by atoms with van der Waals surface area (Å²) < 4.78 is 4.98. The average molecular weight is 242 g/mol. The maximum absolute atomic E-state index is 11.6. The number of esters is 1. The molecule has 3 nitrogen and oxygen atoms in total. The fraction of sp³-hybridized carbons (Fsp3) is 0.417. The highest BCUT2D eigenvalue weighted by molar-refractivity contribution is 6.17. The van der Waals surface area contributed by atoms with E-state index in [1.165, 1.54) is 0 Å². The molecule has 2 N–H and O–H groups in total. The quantitative estimate of drug-likeness (QED) is 0.490. The molecule has 0 amide bonds. The Hall–Kier alpha value is -1.22. The molecule has 0 spiro atoms. The van der Waals surface area contributed by atoms with Crippen molar-refractivity contribution in [2.45, 2.75) is 19.8 Å². The van der Waals surface area contributed by atoms with Crippen LogP contribution in [-0.4, -0.2) is 18.5 Å². The summed E-state index contributed by atoms with van der Waals surface area (Å²) in [5.74, 6) is 0.268. The molecule has 0 heterocycles. The lowest BCUT2D eigenvalue weighted by Crippen LogP contribution is -2.09. The van der Waals surface area contributed by atoms with Crippen LogP contribution in [0.15, 0.2) is 18.2 Å². The number of nitrogen functional groups attached to an aromatic ring is 1. The fourth-order valence-corrected chi connectivity index (χ4v) is 1.62. The monoisotopic (exact) mass is 241 g/mol. The van der Waals surface area contributed by atoms with Crippen LogP contribution in [0.1, 0.15) is 29.3 Å². The fourth-order valence-electron chi connectivity index (χ4n) is 1.49. The molecule has 0 aliphatic carbocycles. The Morgan fingerprint density at radius 1 is 1.50 bits per heavy atom. The van der Waals surface area contributed by atoms with E-state index in [2.05, 4.69) is 0 Å². The number of carbonyl (C=O) groups is 1. The SMILES string of the molecule is CCOC(=O)c1ccc(N)cc1CCCCl. The van der Waals surface area contributed by atoms with Crippen LogP contribution in [-0.2, 0) is 11.2 Å². The molecule has 4 heteroatoms. The average Bonchev–Trinajstić information content (AvgIpc) is 2.26. The van der Waals surface area contributed by atoms with E-state index >= 15 is 0 Å². The van der Waals surface area contributed by atoms with E-state index < -0.39 is 0 Å². The summed E-state index contributed by atoms with van der Waals surface area (Å²) in [5, 5.41) is 0. The van der Waals surface area contributed by atoms with Crippen LogP contribution in [0.4, 0.5) is 5.69 Å². The van der Waals surface area contributed by atoms with Crippen molar-refractivity contribution < 1.29 is 9.53 Å². The highest BCUT2D eigenvalue weighted by Gasteiger charge is 2.12. The summed E-state index contributed by atoms with van der Waals surface area (Å²) in [6.45, 7) is 2.16. The van der Waals surface area contributed by atoms with Crippen molar-refractivity contribution >= 4 is 23.3 Å². The van der Waals surface area contributed by atoms with Crippen LogP contribution >= 0.6 is 11.6 Å². The topological polar surface area (TPSA) is 52.3 Å². The first-order valence-corrected chi connectivity index (χ1v) is 5.84. The van der Waals surface area contributed by atoms with Gasteiger partial charge in [0.05, 0.1) is 12.2 Å². The third-order valence-corrected chi connectivity index (χ3v) is 2.47. The van der Waals surface area contributed by atoms with Gasteiger partial charge >= 0.3 is 5.97 Å². The third-order valence-electron chi connectivity index (χ3n) is 2.20. The molecular formula is C12H16ClNO2. The molecule has 16 heavy (non-hydrogen) atoms. The van der Waals surface area contributed by atoms with Crippen LogP contribution < -0.4 is 5.73 Å². The summed E-state index contributed by atoms with van der Waals surface area (Å²) in [7, 11) is 0. The molecule has 1 rings (SSSR count). The molecule has 88 valence electrons. The molecule has 0 saturated heterocycles.